The summed E-state index contributed by atoms with van der Waals surface area (Å²) < 4.78 is 7.34. The standard InChI is InChI=1S/C18H23N5O2/c1-2-25-16-7-5-14(6-8-16)19-18(24)22-10-9-15(11-22)23-12-17(20-21-23)13-3-4-13/h5-8,12-13,15H,2-4,9-11H2,1H3,(H,19,24). The number of amides is 2. The van der Waals surface area contributed by atoms with Gasteiger partial charge < -0.3 is 15.0 Å². The van der Waals surface area contributed by atoms with E-state index in [4.69, 9.17) is 4.74 Å². The Morgan fingerprint density at radius 2 is 2.08 bits per heavy atom. The Balaban J connectivity index is 1.33. The summed E-state index contributed by atoms with van der Waals surface area (Å²) in [6.07, 6.45) is 5.40. The summed E-state index contributed by atoms with van der Waals surface area (Å²) >= 11 is 0. The minimum atomic E-state index is -0.0748. The van der Waals surface area contributed by atoms with Crippen LogP contribution in [0.4, 0.5) is 10.5 Å². The van der Waals surface area contributed by atoms with Crippen LogP contribution in [-0.4, -0.2) is 45.6 Å². The second-order valence-corrected chi connectivity index (χ2v) is 6.67. The molecular formula is C18H23N5O2. The molecule has 25 heavy (non-hydrogen) atoms. The Hall–Kier alpha value is -2.57. The van der Waals surface area contributed by atoms with Crippen LogP contribution in [0.3, 0.4) is 0 Å². The molecule has 2 aliphatic rings. The third-order valence-corrected chi connectivity index (χ3v) is 4.76. The number of carbonyl (C=O) groups excluding carboxylic acids is 1. The van der Waals surface area contributed by atoms with Crippen molar-refractivity contribution in [2.45, 2.75) is 38.1 Å². The highest BCUT2D eigenvalue weighted by Gasteiger charge is 2.31. The quantitative estimate of drug-likeness (QED) is 0.907. The van der Waals surface area contributed by atoms with E-state index in [9.17, 15) is 4.79 Å². The van der Waals surface area contributed by atoms with Gasteiger partial charge in [0.2, 0.25) is 0 Å². The van der Waals surface area contributed by atoms with Gasteiger partial charge in [-0.2, -0.15) is 0 Å². The molecule has 7 nitrogen and oxygen atoms in total. The monoisotopic (exact) mass is 341 g/mol. The van der Waals surface area contributed by atoms with Crippen LogP contribution in [-0.2, 0) is 0 Å². The van der Waals surface area contributed by atoms with E-state index in [0.717, 1.165) is 30.1 Å². The minimum absolute atomic E-state index is 0.0748. The molecule has 1 aromatic heterocycles. The van der Waals surface area contributed by atoms with Crippen LogP contribution in [0.15, 0.2) is 30.5 Å². The second kappa shape index (κ2) is 6.74. The predicted octanol–water partition coefficient (Wildman–Crippen LogP) is 3.03. The number of ether oxygens (including phenoxy) is 1. The second-order valence-electron chi connectivity index (χ2n) is 6.67. The number of nitrogens with one attached hydrogen (secondary N) is 1. The summed E-state index contributed by atoms with van der Waals surface area (Å²) in [5.74, 6) is 1.41. The zero-order chi connectivity index (χ0) is 17.2. The Morgan fingerprint density at radius 3 is 2.80 bits per heavy atom. The number of aromatic nitrogens is 3. The van der Waals surface area contributed by atoms with Gasteiger partial charge in [0.25, 0.3) is 0 Å². The van der Waals surface area contributed by atoms with Gasteiger partial charge in [0, 0.05) is 30.9 Å². The van der Waals surface area contributed by atoms with Crippen molar-refractivity contribution < 1.29 is 9.53 Å². The molecule has 0 bridgehead atoms. The molecule has 1 saturated carbocycles. The lowest BCUT2D eigenvalue weighted by atomic mass is 10.2. The number of anilines is 1. The van der Waals surface area contributed by atoms with Crippen LogP contribution >= 0.6 is 0 Å². The van der Waals surface area contributed by atoms with Crippen LogP contribution in [0.1, 0.15) is 43.8 Å². The van der Waals surface area contributed by atoms with Crippen molar-refractivity contribution in [3.63, 3.8) is 0 Å². The summed E-state index contributed by atoms with van der Waals surface area (Å²) in [4.78, 5) is 14.3. The number of hydrogen-bond acceptors (Lipinski definition) is 4. The van der Waals surface area contributed by atoms with Gasteiger partial charge in [0.15, 0.2) is 0 Å². The molecule has 2 amide bonds. The van der Waals surface area contributed by atoms with Gasteiger partial charge in [0.1, 0.15) is 5.75 Å². The van der Waals surface area contributed by atoms with Crippen LogP contribution in [0.2, 0.25) is 0 Å². The Bertz CT molecular complexity index is 738. The number of hydrogen-bond donors (Lipinski definition) is 1. The van der Waals surface area contributed by atoms with Gasteiger partial charge in [-0.15, -0.1) is 5.10 Å². The number of carbonyl (C=O) groups is 1. The van der Waals surface area contributed by atoms with Crippen LogP contribution in [0, 0.1) is 0 Å². The van der Waals surface area contributed by atoms with Crippen molar-refractivity contribution in [3.8, 4) is 5.75 Å². The smallest absolute Gasteiger partial charge is 0.321 e. The number of nitrogens with zero attached hydrogens (tertiary/aromatic N) is 4. The molecule has 7 heteroatoms. The lowest BCUT2D eigenvalue weighted by Gasteiger charge is -2.17. The average molecular weight is 341 g/mol. The fourth-order valence-corrected chi connectivity index (χ4v) is 3.18. The molecule has 1 aliphatic heterocycles. The van der Waals surface area contributed by atoms with Crippen LogP contribution < -0.4 is 10.1 Å². The van der Waals surface area contributed by atoms with Crippen LogP contribution in [0.5, 0.6) is 5.75 Å². The lowest BCUT2D eigenvalue weighted by molar-refractivity contribution is 0.220. The fourth-order valence-electron chi connectivity index (χ4n) is 3.18. The van der Waals surface area contributed by atoms with Gasteiger partial charge in [-0.25, -0.2) is 9.48 Å². The summed E-state index contributed by atoms with van der Waals surface area (Å²) in [7, 11) is 0. The maximum Gasteiger partial charge on any atom is 0.321 e. The minimum Gasteiger partial charge on any atom is -0.494 e. The van der Waals surface area contributed by atoms with Crippen molar-refractivity contribution in [1.82, 2.24) is 19.9 Å². The molecule has 2 fully saturated rings. The highest BCUT2D eigenvalue weighted by molar-refractivity contribution is 5.89. The molecular weight excluding hydrogens is 318 g/mol. The molecule has 2 heterocycles. The highest BCUT2D eigenvalue weighted by atomic mass is 16.5. The van der Waals surface area contributed by atoms with Gasteiger partial charge in [-0.1, -0.05) is 5.21 Å². The highest BCUT2D eigenvalue weighted by Crippen LogP contribution is 2.39. The third kappa shape index (κ3) is 3.60. The maximum absolute atomic E-state index is 12.5. The van der Waals surface area contributed by atoms with Crippen molar-refractivity contribution in [2.24, 2.45) is 0 Å². The van der Waals surface area contributed by atoms with Gasteiger partial charge in [-0.05, 0) is 50.5 Å². The number of likely N-dealkylation sites (tertiary alicyclic amines) is 1. The average Bonchev–Trinajstić information content (AvgIpc) is 3.15. The first kappa shape index (κ1) is 15.9. The zero-order valence-corrected chi connectivity index (χ0v) is 14.4. The predicted molar refractivity (Wildman–Crippen MR) is 93.9 cm³/mol. The Morgan fingerprint density at radius 1 is 1.28 bits per heavy atom. The molecule has 1 atom stereocenters. The van der Waals surface area contributed by atoms with E-state index in [1.54, 1.807) is 0 Å². The first-order valence-electron chi connectivity index (χ1n) is 8.93. The van der Waals surface area contributed by atoms with Crippen molar-refractivity contribution in [3.05, 3.63) is 36.2 Å². The summed E-state index contributed by atoms with van der Waals surface area (Å²) in [5.41, 5.74) is 1.87. The molecule has 132 valence electrons. The van der Waals surface area contributed by atoms with Crippen LogP contribution in [0.25, 0.3) is 0 Å². The van der Waals surface area contributed by atoms with Crippen molar-refractivity contribution in [2.75, 3.05) is 25.0 Å². The van der Waals surface area contributed by atoms with E-state index in [0.29, 0.717) is 19.1 Å². The van der Waals surface area contributed by atoms with Gasteiger partial charge in [-0.3, -0.25) is 0 Å². The normalized spacial score (nSPS) is 19.9. The Labute approximate surface area is 147 Å². The van der Waals surface area contributed by atoms with E-state index in [-0.39, 0.29) is 12.1 Å². The molecule has 1 aliphatic carbocycles. The molecule has 1 unspecified atom stereocenters. The number of rotatable bonds is 5. The molecule has 1 saturated heterocycles. The van der Waals surface area contributed by atoms with Gasteiger partial charge in [0.05, 0.1) is 18.3 Å². The van der Waals surface area contributed by atoms with E-state index < -0.39 is 0 Å². The van der Waals surface area contributed by atoms with Crippen molar-refractivity contribution >= 4 is 11.7 Å². The largest absolute Gasteiger partial charge is 0.494 e. The maximum atomic E-state index is 12.5. The summed E-state index contributed by atoms with van der Waals surface area (Å²) in [6, 6.07) is 7.58. The zero-order valence-electron chi connectivity index (χ0n) is 14.4. The molecule has 0 radical (unpaired) electrons. The molecule has 4 rings (SSSR count). The van der Waals surface area contributed by atoms with E-state index in [2.05, 4.69) is 21.8 Å². The molecule has 1 aromatic carbocycles. The van der Waals surface area contributed by atoms with E-state index in [1.165, 1.54) is 12.8 Å². The van der Waals surface area contributed by atoms with Crippen molar-refractivity contribution in [1.29, 1.82) is 0 Å². The van der Waals surface area contributed by atoms with E-state index >= 15 is 0 Å². The number of benzene rings is 1. The SMILES string of the molecule is CCOc1ccc(NC(=O)N2CCC(n3cc(C4CC4)nn3)C2)cc1. The Kier molecular flexibility index (Phi) is 4.29. The first-order chi connectivity index (χ1) is 12.2. The topological polar surface area (TPSA) is 72.3 Å². The molecule has 0 spiro atoms. The van der Waals surface area contributed by atoms with E-state index in [1.807, 2.05) is 40.8 Å². The lowest BCUT2D eigenvalue weighted by Crippen LogP contribution is -2.33. The number of urea groups is 1. The van der Waals surface area contributed by atoms with Gasteiger partial charge >= 0.3 is 6.03 Å². The summed E-state index contributed by atoms with van der Waals surface area (Å²) in [5, 5.41) is 11.5. The fraction of sp³-hybridized carbons (Fsp3) is 0.500. The molecule has 1 N–H and O–H groups in total. The first-order valence-corrected chi connectivity index (χ1v) is 8.93. The third-order valence-electron chi connectivity index (χ3n) is 4.76. The summed E-state index contributed by atoms with van der Waals surface area (Å²) in [6.45, 7) is 3.97. The molecule has 2 aromatic rings.